The summed E-state index contributed by atoms with van der Waals surface area (Å²) in [6.45, 7) is 1.58. The van der Waals surface area contributed by atoms with E-state index in [-0.39, 0.29) is 17.9 Å². The van der Waals surface area contributed by atoms with Crippen LogP contribution in [-0.2, 0) is 4.79 Å². The van der Waals surface area contributed by atoms with Gasteiger partial charge < -0.3 is 10.0 Å². The number of halogens is 1. The summed E-state index contributed by atoms with van der Waals surface area (Å²) in [5.74, 6) is -1.13. The number of aryl methyl sites for hydroxylation is 1. The van der Waals surface area contributed by atoms with Gasteiger partial charge >= 0.3 is 5.97 Å². The van der Waals surface area contributed by atoms with E-state index >= 15 is 0 Å². The normalized spacial score (nSPS) is 17.8. The maximum Gasteiger partial charge on any atom is 0.305 e. The van der Waals surface area contributed by atoms with Crippen LogP contribution in [0.5, 0.6) is 0 Å². The van der Waals surface area contributed by atoms with Crippen molar-refractivity contribution in [1.82, 2.24) is 9.97 Å². The van der Waals surface area contributed by atoms with Crippen molar-refractivity contribution < 1.29 is 14.3 Å². The number of aliphatic carboxylic acids is 1. The van der Waals surface area contributed by atoms with Crippen molar-refractivity contribution in [2.75, 3.05) is 11.9 Å². The molecule has 0 aliphatic heterocycles. The molecular formula is C14H20FN3O2. The summed E-state index contributed by atoms with van der Waals surface area (Å²) in [6.07, 6.45) is 5.84. The van der Waals surface area contributed by atoms with Crippen molar-refractivity contribution in [2.24, 2.45) is 0 Å². The first-order valence-corrected chi connectivity index (χ1v) is 6.89. The number of carbonyl (C=O) groups is 1. The lowest BCUT2D eigenvalue weighted by Crippen LogP contribution is -2.50. The quantitative estimate of drug-likeness (QED) is 0.918. The van der Waals surface area contributed by atoms with Crippen molar-refractivity contribution in [1.29, 1.82) is 0 Å². The maximum atomic E-state index is 14.2. The van der Waals surface area contributed by atoms with E-state index in [9.17, 15) is 14.3 Å². The van der Waals surface area contributed by atoms with Crippen LogP contribution in [0.2, 0.25) is 0 Å². The van der Waals surface area contributed by atoms with Gasteiger partial charge in [-0.1, -0.05) is 19.3 Å². The van der Waals surface area contributed by atoms with E-state index in [4.69, 9.17) is 0 Å². The molecule has 1 aromatic heterocycles. The zero-order valence-electron chi connectivity index (χ0n) is 11.9. The second kappa shape index (κ2) is 5.73. The van der Waals surface area contributed by atoms with Crippen LogP contribution in [0.3, 0.4) is 0 Å². The van der Waals surface area contributed by atoms with Gasteiger partial charge in [-0.2, -0.15) is 0 Å². The molecule has 1 N–H and O–H groups in total. The topological polar surface area (TPSA) is 66.3 Å². The SMILES string of the molecule is Cc1ncnc(N(C)C2(CC(=O)O)CCCCC2)c1F. The molecule has 0 spiro atoms. The fourth-order valence-electron chi connectivity index (χ4n) is 3.03. The van der Waals surface area contributed by atoms with Gasteiger partial charge in [0.25, 0.3) is 0 Å². The Morgan fingerprint density at radius 2 is 2.05 bits per heavy atom. The van der Waals surface area contributed by atoms with Crippen LogP contribution < -0.4 is 4.90 Å². The molecule has 0 atom stereocenters. The van der Waals surface area contributed by atoms with Crippen LogP contribution in [0.1, 0.15) is 44.2 Å². The van der Waals surface area contributed by atoms with Gasteiger partial charge in [0.1, 0.15) is 6.33 Å². The average Bonchev–Trinajstić information content (AvgIpc) is 2.41. The second-order valence-electron chi connectivity index (χ2n) is 5.51. The number of rotatable bonds is 4. The minimum absolute atomic E-state index is 0.00594. The molecule has 1 saturated carbocycles. The van der Waals surface area contributed by atoms with E-state index in [1.807, 2.05) is 0 Å². The highest BCUT2D eigenvalue weighted by Gasteiger charge is 2.39. The Labute approximate surface area is 117 Å². The molecule has 0 amide bonds. The lowest BCUT2D eigenvalue weighted by Gasteiger charge is -2.44. The van der Waals surface area contributed by atoms with E-state index in [2.05, 4.69) is 9.97 Å². The van der Waals surface area contributed by atoms with Crippen molar-refractivity contribution in [3.8, 4) is 0 Å². The Bertz CT molecular complexity index is 501. The van der Waals surface area contributed by atoms with Crippen molar-refractivity contribution in [2.45, 2.75) is 51.0 Å². The molecule has 0 aromatic carbocycles. The number of nitrogens with zero attached hydrogens (tertiary/aromatic N) is 3. The third-order valence-corrected chi connectivity index (χ3v) is 4.24. The van der Waals surface area contributed by atoms with Gasteiger partial charge in [0.2, 0.25) is 0 Å². The largest absolute Gasteiger partial charge is 0.481 e. The van der Waals surface area contributed by atoms with Crippen LogP contribution in [0, 0.1) is 12.7 Å². The van der Waals surface area contributed by atoms with Crippen LogP contribution in [0.15, 0.2) is 6.33 Å². The highest BCUT2D eigenvalue weighted by Crippen LogP contribution is 2.38. The Balaban J connectivity index is 2.37. The van der Waals surface area contributed by atoms with E-state index in [0.717, 1.165) is 32.1 Å². The Hall–Kier alpha value is -1.72. The minimum Gasteiger partial charge on any atom is -0.481 e. The molecule has 2 rings (SSSR count). The molecule has 0 bridgehead atoms. The summed E-state index contributed by atoms with van der Waals surface area (Å²) in [4.78, 5) is 20.8. The summed E-state index contributed by atoms with van der Waals surface area (Å²) in [5, 5.41) is 9.20. The Morgan fingerprint density at radius 3 is 2.65 bits per heavy atom. The van der Waals surface area contributed by atoms with E-state index in [1.54, 1.807) is 18.9 Å². The predicted octanol–water partition coefficient (Wildman–Crippen LogP) is 2.54. The molecule has 110 valence electrons. The molecule has 0 saturated heterocycles. The molecule has 0 radical (unpaired) electrons. The predicted molar refractivity (Wildman–Crippen MR) is 73.2 cm³/mol. The van der Waals surface area contributed by atoms with Crippen molar-refractivity contribution >= 4 is 11.8 Å². The first-order valence-electron chi connectivity index (χ1n) is 6.89. The molecule has 6 heteroatoms. The van der Waals surface area contributed by atoms with Crippen LogP contribution >= 0.6 is 0 Å². The first-order chi connectivity index (χ1) is 9.46. The number of hydrogen-bond donors (Lipinski definition) is 1. The minimum atomic E-state index is -0.857. The summed E-state index contributed by atoms with van der Waals surface area (Å²) in [7, 11) is 1.74. The van der Waals surface area contributed by atoms with Gasteiger partial charge in [-0.25, -0.2) is 14.4 Å². The molecule has 0 unspecified atom stereocenters. The molecule has 1 aliphatic rings. The number of anilines is 1. The van der Waals surface area contributed by atoms with E-state index < -0.39 is 17.3 Å². The summed E-state index contributed by atoms with van der Waals surface area (Å²) < 4.78 is 14.2. The third-order valence-electron chi connectivity index (χ3n) is 4.24. The zero-order chi connectivity index (χ0) is 14.8. The van der Waals surface area contributed by atoms with Gasteiger partial charge in [-0.15, -0.1) is 0 Å². The molecular weight excluding hydrogens is 261 g/mol. The lowest BCUT2D eigenvalue weighted by atomic mass is 9.78. The number of carboxylic acid groups (broad SMARTS) is 1. The summed E-state index contributed by atoms with van der Waals surface area (Å²) in [5.41, 5.74) is -0.269. The molecule has 1 aliphatic carbocycles. The standard InChI is InChI=1S/C14H20FN3O2/c1-10-12(15)13(17-9-16-10)18(2)14(8-11(19)20)6-4-3-5-7-14/h9H,3-8H2,1-2H3,(H,19,20). The van der Waals surface area contributed by atoms with Crippen molar-refractivity contribution in [3.05, 3.63) is 17.8 Å². The van der Waals surface area contributed by atoms with Crippen LogP contribution in [0.25, 0.3) is 0 Å². The summed E-state index contributed by atoms with van der Waals surface area (Å²) >= 11 is 0. The highest BCUT2D eigenvalue weighted by atomic mass is 19.1. The first kappa shape index (κ1) is 14.7. The Morgan fingerprint density at radius 1 is 1.40 bits per heavy atom. The maximum absolute atomic E-state index is 14.2. The summed E-state index contributed by atoms with van der Waals surface area (Å²) in [6, 6.07) is 0. The second-order valence-corrected chi connectivity index (χ2v) is 5.51. The highest BCUT2D eigenvalue weighted by molar-refractivity contribution is 5.69. The molecule has 1 aromatic rings. The molecule has 5 nitrogen and oxygen atoms in total. The van der Waals surface area contributed by atoms with Gasteiger partial charge in [-0.3, -0.25) is 4.79 Å². The zero-order valence-corrected chi connectivity index (χ0v) is 11.9. The molecule has 20 heavy (non-hydrogen) atoms. The van der Waals surface area contributed by atoms with Crippen LogP contribution in [0.4, 0.5) is 10.2 Å². The number of hydrogen-bond acceptors (Lipinski definition) is 4. The van der Waals surface area contributed by atoms with E-state index in [1.165, 1.54) is 6.33 Å². The molecule has 1 fully saturated rings. The number of aromatic nitrogens is 2. The Kier molecular flexibility index (Phi) is 4.20. The number of carboxylic acids is 1. The van der Waals surface area contributed by atoms with Gasteiger partial charge in [-0.05, 0) is 19.8 Å². The van der Waals surface area contributed by atoms with Gasteiger partial charge in [0, 0.05) is 7.05 Å². The van der Waals surface area contributed by atoms with E-state index in [0.29, 0.717) is 0 Å². The van der Waals surface area contributed by atoms with Crippen LogP contribution in [-0.4, -0.2) is 33.6 Å². The lowest BCUT2D eigenvalue weighted by molar-refractivity contribution is -0.138. The smallest absolute Gasteiger partial charge is 0.305 e. The fourth-order valence-corrected chi connectivity index (χ4v) is 3.03. The third kappa shape index (κ3) is 2.73. The van der Waals surface area contributed by atoms with Gasteiger partial charge in [0.05, 0.1) is 17.7 Å². The molecule has 1 heterocycles. The van der Waals surface area contributed by atoms with Gasteiger partial charge in [0.15, 0.2) is 11.6 Å². The fraction of sp³-hybridized carbons (Fsp3) is 0.643. The monoisotopic (exact) mass is 281 g/mol. The van der Waals surface area contributed by atoms with Crippen molar-refractivity contribution in [3.63, 3.8) is 0 Å². The average molecular weight is 281 g/mol.